The molecule has 0 atom stereocenters. The number of ether oxygens (including phenoxy) is 1. The molecule has 1 amide bonds. The molecule has 1 aromatic carbocycles. The first-order valence-corrected chi connectivity index (χ1v) is 10.2. The lowest BCUT2D eigenvalue weighted by Gasteiger charge is -2.11. The number of hydrogen-bond acceptors (Lipinski definition) is 3. The van der Waals surface area contributed by atoms with E-state index in [2.05, 4.69) is 16.3 Å². The maximum Gasteiger partial charge on any atom is 0.269 e. The van der Waals surface area contributed by atoms with Gasteiger partial charge in [-0.05, 0) is 31.4 Å². The highest BCUT2D eigenvalue weighted by molar-refractivity contribution is 5.92. The van der Waals surface area contributed by atoms with Crippen LogP contribution in [0.5, 0.6) is 5.75 Å². The van der Waals surface area contributed by atoms with Crippen LogP contribution in [0.2, 0.25) is 0 Å². The van der Waals surface area contributed by atoms with E-state index in [0.29, 0.717) is 17.9 Å². The van der Waals surface area contributed by atoms with Gasteiger partial charge in [-0.15, -0.1) is 12.3 Å². The number of nitrogens with zero attached hydrogens (tertiary/aromatic N) is 2. The normalized spacial score (nSPS) is 10.6. The van der Waals surface area contributed by atoms with Crippen molar-refractivity contribution in [3.05, 3.63) is 47.0 Å². The fraction of sp³-hybridized carbons (Fsp3) is 0.478. The van der Waals surface area contributed by atoms with E-state index in [1.54, 1.807) is 31.3 Å². The van der Waals surface area contributed by atoms with E-state index in [1.807, 2.05) is 6.92 Å². The van der Waals surface area contributed by atoms with E-state index in [1.165, 1.54) is 4.68 Å². The number of benzene rings is 1. The first-order valence-electron chi connectivity index (χ1n) is 10.2. The molecule has 0 unspecified atom stereocenters. The molecule has 0 aliphatic rings. The first-order chi connectivity index (χ1) is 14.1. The third-order valence-electron chi connectivity index (χ3n) is 4.73. The summed E-state index contributed by atoms with van der Waals surface area (Å²) in [6.45, 7) is 2.53. The number of halogens is 1. The average Bonchev–Trinajstić information content (AvgIpc) is 3.11. The van der Waals surface area contributed by atoms with Crippen LogP contribution >= 0.6 is 0 Å². The molecular weight excluding hydrogens is 369 g/mol. The van der Waals surface area contributed by atoms with Crippen LogP contribution in [0.3, 0.4) is 0 Å². The molecule has 1 N–H and O–H groups in total. The van der Waals surface area contributed by atoms with Crippen molar-refractivity contribution < 1.29 is 13.9 Å². The second kappa shape index (κ2) is 11.9. The van der Waals surface area contributed by atoms with Gasteiger partial charge in [0.25, 0.3) is 5.91 Å². The highest BCUT2D eigenvalue weighted by Crippen LogP contribution is 2.21. The molecule has 156 valence electrons. The van der Waals surface area contributed by atoms with Gasteiger partial charge in [0.15, 0.2) is 11.6 Å². The minimum atomic E-state index is -0.430. The van der Waals surface area contributed by atoms with E-state index in [9.17, 15) is 9.18 Å². The SMILES string of the molecule is C#CCCCCCCCOc1cccc(CNC(=O)c2cc(CC)nn2C)c1F. The lowest BCUT2D eigenvalue weighted by Crippen LogP contribution is -2.25. The molecule has 0 saturated carbocycles. The van der Waals surface area contributed by atoms with Gasteiger partial charge in [0, 0.05) is 25.6 Å². The van der Waals surface area contributed by atoms with Crippen LogP contribution in [0.1, 0.15) is 67.2 Å². The number of carbonyl (C=O) groups is 1. The van der Waals surface area contributed by atoms with Crippen LogP contribution < -0.4 is 10.1 Å². The van der Waals surface area contributed by atoms with Crippen molar-refractivity contribution >= 4 is 5.91 Å². The molecule has 1 aromatic heterocycles. The van der Waals surface area contributed by atoms with E-state index in [-0.39, 0.29) is 18.2 Å². The van der Waals surface area contributed by atoms with E-state index in [4.69, 9.17) is 11.2 Å². The number of amides is 1. The molecular formula is C23H30FN3O2. The zero-order chi connectivity index (χ0) is 21.1. The van der Waals surface area contributed by atoms with E-state index >= 15 is 0 Å². The molecule has 6 heteroatoms. The third-order valence-corrected chi connectivity index (χ3v) is 4.73. The van der Waals surface area contributed by atoms with Gasteiger partial charge < -0.3 is 10.1 Å². The molecule has 0 aliphatic carbocycles. The number of aromatic nitrogens is 2. The molecule has 0 fully saturated rings. The fourth-order valence-corrected chi connectivity index (χ4v) is 3.02. The van der Waals surface area contributed by atoms with Crippen molar-refractivity contribution in [3.8, 4) is 18.1 Å². The summed E-state index contributed by atoms with van der Waals surface area (Å²) in [4.78, 5) is 12.4. The van der Waals surface area contributed by atoms with Crippen LogP contribution in [0.25, 0.3) is 0 Å². The molecule has 2 aromatic rings. The summed E-state index contributed by atoms with van der Waals surface area (Å²) in [5.74, 6) is 2.15. The van der Waals surface area contributed by atoms with Crippen molar-refractivity contribution in [1.82, 2.24) is 15.1 Å². The quantitative estimate of drug-likeness (QED) is 0.425. The molecule has 2 rings (SSSR count). The Labute approximate surface area is 172 Å². The Balaban J connectivity index is 1.81. The summed E-state index contributed by atoms with van der Waals surface area (Å²) >= 11 is 0. The number of hydrogen-bond donors (Lipinski definition) is 1. The predicted molar refractivity (Wildman–Crippen MR) is 112 cm³/mol. The zero-order valence-electron chi connectivity index (χ0n) is 17.3. The summed E-state index contributed by atoms with van der Waals surface area (Å²) in [6, 6.07) is 6.74. The van der Waals surface area contributed by atoms with Crippen molar-refractivity contribution in [3.63, 3.8) is 0 Å². The molecule has 0 aliphatic heterocycles. The van der Waals surface area contributed by atoms with Gasteiger partial charge in [-0.3, -0.25) is 9.48 Å². The van der Waals surface area contributed by atoms with Gasteiger partial charge in [0.05, 0.1) is 12.3 Å². The van der Waals surface area contributed by atoms with Gasteiger partial charge in [-0.2, -0.15) is 5.10 Å². The molecule has 5 nitrogen and oxygen atoms in total. The molecule has 1 heterocycles. The first kappa shape index (κ1) is 22.5. The summed E-state index contributed by atoms with van der Waals surface area (Å²) in [5.41, 5.74) is 1.69. The Morgan fingerprint density at radius 1 is 1.28 bits per heavy atom. The minimum Gasteiger partial charge on any atom is -0.491 e. The second-order valence-corrected chi connectivity index (χ2v) is 6.98. The molecule has 0 spiro atoms. The van der Waals surface area contributed by atoms with E-state index in [0.717, 1.165) is 50.6 Å². The van der Waals surface area contributed by atoms with Crippen LogP contribution in [-0.4, -0.2) is 22.3 Å². The predicted octanol–water partition coefficient (Wildman–Crippen LogP) is 4.40. The molecule has 0 saturated heterocycles. The maximum atomic E-state index is 14.7. The number of carbonyl (C=O) groups excluding carboxylic acids is 1. The zero-order valence-corrected chi connectivity index (χ0v) is 17.3. The topological polar surface area (TPSA) is 56.1 Å². The number of terminal acetylenes is 1. The summed E-state index contributed by atoms with van der Waals surface area (Å²) in [5, 5.41) is 7.01. The maximum absolute atomic E-state index is 14.7. The minimum absolute atomic E-state index is 0.0870. The van der Waals surface area contributed by atoms with Gasteiger partial charge in [0.1, 0.15) is 5.69 Å². The Hall–Kier alpha value is -2.81. The third kappa shape index (κ3) is 6.94. The van der Waals surface area contributed by atoms with Crippen molar-refractivity contribution in [1.29, 1.82) is 0 Å². The summed E-state index contributed by atoms with van der Waals surface area (Å²) in [6.07, 6.45) is 12.0. The van der Waals surface area contributed by atoms with Gasteiger partial charge in [-0.1, -0.05) is 38.3 Å². The van der Waals surface area contributed by atoms with Gasteiger partial charge in [0.2, 0.25) is 0 Å². The number of nitrogens with one attached hydrogen (secondary N) is 1. The second-order valence-electron chi connectivity index (χ2n) is 6.98. The highest BCUT2D eigenvalue weighted by Gasteiger charge is 2.14. The lowest BCUT2D eigenvalue weighted by molar-refractivity contribution is 0.0941. The lowest BCUT2D eigenvalue weighted by atomic mass is 10.1. The highest BCUT2D eigenvalue weighted by atomic mass is 19.1. The standard InChI is InChI=1S/C23H30FN3O2/c1-4-6-7-8-9-10-11-15-29-21-14-12-13-18(22(21)24)17-25-23(28)20-16-19(5-2)26-27(20)3/h1,12-14,16H,5-11,15,17H2,2-3H3,(H,25,28). The van der Waals surface area contributed by atoms with Crippen LogP contribution in [0.15, 0.2) is 24.3 Å². The largest absolute Gasteiger partial charge is 0.491 e. The van der Waals surface area contributed by atoms with Crippen molar-refractivity contribution in [2.24, 2.45) is 7.05 Å². The van der Waals surface area contributed by atoms with E-state index < -0.39 is 5.82 Å². The van der Waals surface area contributed by atoms with Gasteiger partial charge >= 0.3 is 0 Å². The Kier molecular flexibility index (Phi) is 9.23. The van der Waals surface area contributed by atoms with Crippen LogP contribution in [-0.2, 0) is 20.0 Å². The molecule has 29 heavy (non-hydrogen) atoms. The fourth-order valence-electron chi connectivity index (χ4n) is 3.02. The van der Waals surface area contributed by atoms with Crippen LogP contribution in [0.4, 0.5) is 4.39 Å². The molecule has 0 radical (unpaired) electrons. The van der Waals surface area contributed by atoms with Crippen molar-refractivity contribution in [2.75, 3.05) is 6.61 Å². The Bertz CT molecular complexity index is 839. The number of unbranched alkanes of at least 4 members (excludes halogenated alkanes) is 5. The Morgan fingerprint density at radius 2 is 2.03 bits per heavy atom. The average molecular weight is 400 g/mol. The molecule has 0 bridgehead atoms. The summed E-state index contributed by atoms with van der Waals surface area (Å²) in [7, 11) is 1.72. The van der Waals surface area contributed by atoms with Crippen molar-refractivity contribution in [2.45, 2.75) is 58.4 Å². The Morgan fingerprint density at radius 3 is 2.76 bits per heavy atom. The van der Waals surface area contributed by atoms with Crippen LogP contribution in [0, 0.1) is 18.2 Å². The summed E-state index contributed by atoms with van der Waals surface area (Å²) < 4.78 is 21.8. The smallest absolute Gasteiger partial charge is 0.269 e. The monoisotopic (exact) mass is 399 g/mol. The number of rotatable bonds is 12. The number of aryl methyl sites for hydroxylation is 2. The van der Waals surface area contributed by atoms with Gasteiger partial charge in [-0.25, -0.2) is 4.39 Å².